The Labute approximate surface area is 136 Å². The number of esters is 1. The average Bonchev–Trinajstić information content (AvgIpc) is 2.53. The van der Waals surface area contributed by atoms with Crippen molar-refractivity contribution >= 4 is 17.6 Å². The highest BCUT2D eigenvalue weighted by Gasteiger charge is 2.25. The van der Waals surface area contributed by atoms with Crippen LogP contribution in [-0.4, -0.2) is 13.1 Å². The van der Waals surface area contributed by atoms with Crippen molar-refractivity contribution in [2.75, 3.05) is 7.11 Å². The number of rotatable bonds is 5. The van der Waals surface area contributed by atoms with Gasteiger partial charge in [-0.2, -0.15) is 0 Å². The highest BCUT2D eigenvalue weighted by molar-refractivity contribution is 6.31. The fourth-order valence-electron chi connectivity index (χ4n) is 2.52. The van der Waals surface area contributed by atoms with Gasteiger partial charge in [0.1, 0.15) is 6.04 Å². The third kappa shape index (κ3) is 3.67. The van der Waals surface area contributed by atoms with Crippen molar-refractivity contribution in [2.45, 2.75) is 25.9 Å². The van der Waals surface area contributed by atoms with E-state index in [1.54, 1.807) is 6.07 Å². The number of carbonyl (C=O) groups excluding carboxylic acids is 1. The second-order valence-electron chi connectivity index (χ2n) is 5.22. The van der Waals surface area contributed by atoms with Crippen molar-refractivity contribution in [1.29, 1.82) is 0 Å². The van der Waals surface area contributed by atoms with Gasteiger partial charge in [0.15, 0.2) is 0 Å². The summed E-state index contributed by atoms with van der Waals surface area (Å²) in [6.45, 7) is 4.07. The van der Waals surface area contributed by atoms with Crippen LogP contribution in [0.1, 0.15) is 35.7 Å². The number of hydrogen-bond donors (Lipinski definition) is 1. The van der Waals surface area contributed by atoms with Crippen molar-refractivity contribution in [3.05, 3.63) is 70.2 Å². The lowest BCUT2D eigenvalue weighted by atomic mass is 10.00. The van der Waals surface area contributed by atoms with E-state index < -0.39 is 6.04 Å². The highest BCUT2D eigenvalue weighted by Crippen LogP contribution is 2.27. The Hall–Kier alpha value is -1.84. The van der Waals surface area contributed by atoms with Gasteiger partial charge in [0.2, 0.25) is 0 Å². The molecule has 0 fully saturated rings. The molecule has 0 saturated carbocycles. The van der Waals surface area contributed by atoms with Gasteiger partial charge in [-0.1, -0.05) is 54.1 Å². The molecule has 0 aliphatic rings. The minimum atomic E-state index is -0.603. The topological polar surface area (TPSA) is 38.3 Å². The molecule has 2 rings (SSSR count). The first kappa shape index (κ1) is 16.5. The van der Waals surface area contributed by atoms with Crippen LogP contribution in [0.5, 0.6) is 0 Å². The second-order valence-corrected chi connectivity index (χ2v) is 5.63. The molecule has 116 valence electrons. The molecule has 22 heavy (non-hydrogen) atoms. The summed E-state index contributed by atoms with van der Waals surface area (Å²) in [5, 5.41) is 3.87. The van der Waals surface area contributed by atoms with E-state index in [1.807, 2.05) is 43.3 Å². The van der Waals surface area contributed by atoms with Crippen molar-refractivity contribution < 1.29 is 9.53 Å². The summed E-state index contributed by atoms with van der Waals surface area (Å²) < 4.78 is 4.93. The Balaban J connectivity index is 2.30. The van der Waals surface area contributed by atoms with Crippen molar-refractivity contribution in [2.24, 2.45) is 0 Å². The average molecular weight is 318 g/mol. The fraction of sp³-hybridized carbons (Fsp3) is 0.278. The fourth-order valence-corrected chi connectivity index (χ4v) is 2.77. The first-order valence-electron chi connectivity index (χ1n) is 7.18. The first-order chi connectivity index (χ1) is 10.5. The highest BCUT2D eigenvalue weighted by atomic mass is 35.5. The SMILES string of the molecule is COC(=O)C(NC(C)c1ccccc1C)c1ccccc1Cl. The predicted molar refractivity (Wildman–Crippen MR) is 88.9 cm³/mol. The van der Waals surface area contributed by atoms with Gasteiger partial charge in [0.05, 0.1) is 7.11 Å². The maximum atomic E-state index is 12.2. The van der Waals surface area contributed by atoms with E-state index in [2.05, 4.69) is 18.3 Å². The van der Waals surface area contributed by atoms with Gasteiger partial charge in [0, 0.05) is 11.1 Å². The van der Waals surface area contributed by atoms with Gasteiger partial charge in [0.25, 0.3) is 0 Å². The van der Waals surface area contributed by atoms with Gasteiger partial charge in [-0.15, -0.1) is 0 Å². The lowest BCUT2D eigenvalue weighted by Gasteiger charge is -2.24. The Morgan fingerprint density at radius 1 is 1.09 bits per heavy atom. The molecular formula is C18H20ClNO2. The van der Waals surface area contributed by atoms with E-state index in [0.29, 0.717) is 5.02 Å². The van der Waals surface area contributed by atoms with Crippen molar-refractivity contribution in [3.63, 3.8) is 0 Å². The molecule has 0 spiro atoms. The summed E-state index contributed by atoms with van der Waals surface area (Å²) in [6.07, 6.45) is 0. The monoisotopic (exact) mass is 317 g/mol. The summed E-state index contributed by atoms with van der Waals surface area (Å²) in [7, 11) is 1.38. The van der Waals surface area contributed by atoms with E-state index in [4.69, 9.17) is 16.3 Å². The zero-order chi connectivity index (χ0) is 16.1. The predicted octanol–water partition coefficient (Wildman–Crippen LogP) is 4.21. The second kappa shape index (κ2) is 7.43. The van der Waals surface area contributed by atoms with Crippen LogP contribution in [-0.2, 0) is 9.53 Å². The van der Waals surface area contributed by atoms with Crippen LogP contribution in [0.2, 0.25) is 5.02 Å². The molecule has 2 unspecified atom stereocenters. The van der Waals surface area contributed by atoms with E-state index in [-0.39, 0.29) is 12.0 Å². The summed E-state index contributed by atoms with van der Waals surface area (Å²) in [5.74, 6) is -0.353. The molecule has 0 radical (unpaired) electrons. The summed E-state index contributed by atoms with van der Waals surface area (Å²) in [5.41, 5.74) is 3.03. The Morgan fingerprint density at radius 2 is 1.68 bits per heavy atom. The van der Waals surface area contributed by atoms with Crippen molar-refractivity contribution in [1.82, 2.24) is 5.32 Å². The van der Waals surface area contributed by atoms with Gasteiger partial charge in [-0.25, -0.2) is 4.79 Å². The lowest BCUT2D eigenvalue weighted by Crippen LogP contribution is -2.32. The molecule has 2 atom stereocenters. The molecule has 2 aromatic carbocycles. The molecule has 0 aromatic heterocycles. The van der Waals surface area contributed by atoms with E-state index in [9.17, 15) is 4.79 Å². The molecule has 0 saturated heterocycles. The van der Waals surface area contributed by atoms with Crippen LogP contribution in [0.25, 0.3) is 0 Å². The summed E-state index contributed by atoms with van der Waals surface area (Å²) >= 11 is 6.23. The largest absolute Gasteiger partial charge is 0.468 e. The number of halogens is 1. The van der Waals surface area contributed by atoms with Gasteiger partial charge in [-0.3, -0.25) is 5.32 Å². The number of ether oxygens (including phenoxy) is 1. The smallest absolute Gasteiger partial charge is 0.327 e. The lowest BCUT2D eigenvalue weighted by molar-refractivity contribution is -0.143. The zero-order valence-electron chi connectivity index (χ0n) is 13.0. The van der Waals surface area contributed by atoms with Crippen molar-refractivity contribution in [3.8, 4) is 0 Å². The number of aryl methyl sites for hydroxylation is 1. The van der Waals surface area contributed by atoms with Crippen LogP contribution in [0, 0.1) is 6.92 Å². The number of nitrogens with one attached hydrogen (secondary N) is 1. The van der Waals surface area contributed by atoms with Crippen LogP contribution in [0.15, 0.2) is 48.5 Å². The molecule has 1 N–H and O–H groups in total. The number of hydrogen-bond acceptors (Lipinski definition) is 3. The van der Waals surface area contributed by atoms with Crippen LogP contribution in [0.3, 0.4) is 0 Å². The number of carbonyl (C=O) groups is 1. The number of benzene rings is 2. The molecular weight excluding hydrogens is 298 g/mol. The molecule has 0 aliphatic carbocycles. The third-order valence-electron chi connectivity index (χ3n) is 3.72. The van der Waals surface area contributed by atoms with Crippen LogP contribution in [0.4, 0.5) is 0 Å². The summed E-state index contributed by atoms with van der Waals surface area (Å²) in [6, 6.07) is 14.8. The molecule has 0 heterocycles. The zero-order valence-corrected chi connectivity index (χ0v) is 13.7. The quantitative estimate of drug-likeness (QED) is 0.839. The first-order valence-corrected chi connectivity index (χ1v) is 7.56. The Bertz CT molecular complexity index is 657. The Kier molecular flexibility index (Phi) is 5.58. The molecule has 0 amide bonds. The van der Waals surface area contributed by atoms with Gasteiger partial charge >= 0.3 is 5.97 Å². The van der Waals surface area contributed by atoms with Crippen LogP contribution < -0.4 is 5.32 Å². The summed E-state index contributed by atoms with van der Waals surface area (Å²) in [4.78, 5) is 12.2. The Morgan fingerprint density at radius 3 is 2.27 bits per heavy atom. The van der Waals surface area contributed by atoms with E-state index in [0.717, 1.165) is 11.1 Å². The molecule has 4 heteroatoms. The van der Waals surface area contributed by atoms with E-state index in [1.165, 1.54) is 12.7 Å². The maximum Gasteiger partial charge on any atom is 0.327 e. The minimum absolute atomic E-state index is 0.0124. The molecule has 0 aliphatic heterocycles. The minimum Gasteiger partial charge on any atom is -0.468 e. The van der Waals surface area contributed by atoms with Gasteiger partial charge < -0.3 is 4.74 Å². The number of methoxy groups -OCH3 is 1. The molecule has 3 nitrogen and oxygen atoms in total. The van der Waals surface area contributed by atoms with Crippen LogP contribution >= 0.6 is 11.6 Å². The third-order valence-corrected chi connectivity index (χ3v) is 4.07. The van der Waals surface area contributed by atoms with E-state index >= 15 is 0 Å². The standard InChI is InChI=1S/C18H20ClNO2/c1-12-8-4-5-9-14(12)13(2)20-17(18(21)22-3)15-10-6-7-11-16(15)19/h4-11,13,17,20H,1-3H3. The molecule has 0 bridgehead atoms. The normalized spacial score (nSPS) is 13.5. The maximum absolute atomic E-state index is 12.2. The molecule has 2 aromatic rings. The van der Waals surface area contributed by atoms with Gasteiger partial charge in [-0.05, 0) is 36.6 Å².